The van der Waals surface area contributed by atoms with Gasteiger partial charge in [-0.2, -0.15) is 0 Å². The SMILES string of the molecule is COC(OC)[SiH2]COC(=O)C(C)(C)C. The second kappa shape index (κ2) is 6.16. The molecule has 0 saturated heterocycles. The zero-order chi connectivity index (χ0) is 11.2. The maximum absolute atomic E-state index is 11.3. The lowest BCUT2D eigenvalue weighted by atomic mass is 9.98. The summed E-state index contributed by atoms with van der Waals surface area (Å²) in [4.78, 5) is 11.3. The predicted octanol–water partition coefficient (Wildman–Crippen LogP) is 0.278. The summed E-state index contributed by atoms with van der Waals surface area (Å²) >= 11 is 0. The van der Waals surface area contributed by atoms with E-state index in [1.807, 2.05) is 20.8 Å². The van der Waals surface area contributed by atoms with Gasteiger partial charge in [-0.25, -0.2) is 0 Å². The average Bonchev–Trinajstić information content (AvgIpc) is 2.10. The first-order valence-corrected chi connectivity index (χ1v) is 6.46. The van der Waals surface area contributed by atoms with Crippen molar-refractivity contribution in [2.75, 3.05) is 20.4 Å². The number of rotatable bonds is 5. The van der Waals surface area contributed by atoms with E-state index >= 15 is 0 Å². The molecule has 0 amide bonds. The van der Waals surface area contributed by atoms with Crippen LogP contribution in [-0.2, 0) is 19.0 Å². The predicted molar refractivity (Wildman–Crippen MR) is 56.8 cm³/mol. The summed E-state index contributed by atoms with van der Waals surface area (Å²) in [7, 11) is 2.52. The lowest BCUT2D eigenvalue weighted by molar-refractivity contribution is -0.151. The Morgan fingerprint density at radius 3 is 2.14 bits per heavy atom. The molecule has 0 fully saturated rings. The summed E-state index contributed by atoms with van der Waals surface area (Å²) in [6, 6.07) is 0. The molecule has 84 valence electrons. The molecule has 0 N–H and O–H groups in total. The van der Waals surface area contributed by atoms with E-state index in [4.69, 9.17) is 14.2 Å². The molecular weight excluding hydrogens is 200 g/mol. The smallest absolute Gasteiger partial charge is 0.310 e. The Bertz CT molecular complexity index is 172. The van der Waals surface area contributed by atoms with Crippen molar-refractivity contribution in [3.05, 3.63) is 0 Å². The molecule has 0 aromatic heterocycles. The minimum absolute atomic E-state index is 0.164. The molecule has 0 aromatic rings. The Labute approximate surface area is 87.7 Å². The quantitative estimate of drug-likeness (QED) is 0.379. The zero-order valence-corrected chi connectivity index (χ0v) is 11.0. The molecule has 0 spiro atoms. The highest BCUT2D eigenvalue weighted by Crippen LogP contribution is 2.14. The topological polar surface area (TPSA) is 44.8 Å². The van der Waals surface area contributed by atoms with Crippen molar-refractivity contribution in [1.82, 2.24) is 0 Å². The molecule has 0 saturated carbocycles. The maximum Gasteiger partial charge on any atom is 0.310 e. The van der Waals surface area contributed by atoms with Crippen molar-refractivity contribution in [3.63, 3.8) is 0 Å². The van der Waals surface area contributed by atoms with Crippen molar-refractivity contribution in [2.24, 2.45) is 5.41 Å². The number of carbonyl (C=O) groups excluding carboxylic acids is 1. The van der Waals surface area contributed by atoms with E-state index in [2.05, 4.69) is 0 Å². The zero-order valence-electron chi connectivity index (χ0n) is 9.62. The fourth-order valence-corrected chi connectivity index (χ4v) is 1.76. The highest BCUT2D eigenvalue weighted by atomic mass is 28.2. The van der Waals surface area contributed by atoms with E-state index in [0.717, 1.165) is 0 Å². The molecule has 0 aliphatic heterocycles. The molecule has 0 aromatic carbocycles. The largest absolute Gasteiger partial charge is 0.470 e. The first-order chi connectivity index (χ1) is 6.41. The van der Waals surface area contributed by atoms with Gasteiger partial charge in [0.15, 0.2) is 0 Å². The fraction of sp³-hybridized carbons (Fsp3) is 0.889. The fourth-order valence-electron chi connectivity index (χ4n) is 0.796. The molecule has 0 atom stereocenters. The molecule has 0 aliphatic rings. The van der Waals surface area contributed by atoms with E-state index in [9.17, 15) is 4.79 Å². The number of ether oxygens (including phenoxy) is 3. The molecule has 0 radical (unpaired) electrons. The third-order valence-corrected chi connectivity index (χ3v) is 3.30. The molecule has 4 nitrogen and oxygen atoms in total. The third-order valence-electron chi connectivity index (χ3n) is 1.72. The molecular formula is C9H20O4Si. The summed E-state index contributed by atoms with van der Waals surface area (Å²) in [5.41, 5.74) is -0.427. The molecule has 0 heterocycles. The van der Waals surface area contributed by atoms with Crippen molar-refractivity contribution < 1.29 is 19.0 Å². The maximum atomic E-state index is 11.3. The van der Waals surface area contributed by atoms with Gasteiger partial charge in [-0.05, 0) is 20.8 Å². The number of hydrogen-bond acceptors (Lipinski definition) is 4. The standard InChI is InChI=1S/C9H20O4Si/c1-9(2,3)7(10)13-6-14-8(11-4)12-5/h8H,6,14H2,1-5H3. The normalized spacial score (nSPS) is 12.7. The van der Waals surface area contributed by atoms with Gasteiger partial charge in [0.25, 0.3) is 0 Å². The lowest BCUT2D eigenvalue weighted by Gasteiger charge is -2.18. The minimum atomic E-state index is -0.663. The Hall–Kier alpha value is -0.393. The van der Waals surface area contributed by atoms with Crippen LogP contribution in [0.4, 0.5) is 0 Å². The summed E-state index contributed by atoms with van der Waals surface area (Å²) in [5.74, 6) is -0.335. The van der Waals surface area contributed by atoms with Crippen LogP contribution in [0.1, 0.15) is 20.8 Å². The Balaban J connectivity index is 3.69. The van der Waals surface area contributed by atoms with Crippen LogP contribution in [0.3, 0.4) is 0 Å². The van der Waals surface area contributed by atoms with Crippen LogP contribution in [0, 0.1) is 5.41 Å². The van der Waals surface area contributed by atoms with E-state index in [0.29, 0.717) is 6.23 Å². The first-order valence-electron chi connectivity index (χ1n) is 4.64. The lowest BCUT2D eigenvalue weighted by Crippen LogP contribution is -2.30. The van der Waals surface area contributed by atoms with Gasteiger partial charge in [-0.1, -0.05) is 0 Å². The Kier molecular flexibility index (Phi) is 5.99. The highest BCUT2D eigenvalue weighted by molar-refractivity contribution is 6.36. The van der Waals surface area contributed by atoms with Gasteiger partial charge in [-0.15, -0.1) is 0 Å². The number of esters is 1. The van der Waals surface area contributed by atoms with E-state index in [1.54, 1.807) is 14.2 Å². The monoisotopic (exact) mass is 220 g/mol. The van der Waals surface area contributed by atoms with Gasteiger partial charge >= 0.3 is 5.97 Å². The van der Waals surface area contributed by atoms with Crippen LogP contribution < -0.4 is 0 Å². The van der Waals surface area contributed by atoms with Gasteiger partial charge in [0.05, 0.1) is 11.6 Å². The van der Waals surface area contributed by atoms with Crippen molar-refractivity contribution in [3.8, 4) is 0 Å². The average molecular weight is 220 g/mol. The third kappa shape index (κ3) is 5.36. The summed E-state index contributed by atoms with van der Waals surface area (Å²) in [6.07, 6.45) is 0.461. The summed E-state index contributed by atoms with van der Waals surface area (Å²) < 4.78 is 15.1. The summed E-state index contributed by atoms with van der Waals surface area (Å²) in [5, 5.41) is 0. The van der Waals surface area contributed by atoms with Crippen LogP contribution in [0.2, 0.25) is 0 Å². The summed E-state index contributed by atoms with van der Waals surface area (Å²) in [6.45, 7) is 5.50. The highest BCUT2D eigenvalue weighted by Gasteiger charge is 2.23. The number of hydrogen-bond donors (Lipinski definition) is 0. The first kappa shape index (κ1) is 13.6. The Morgan fingerprint density at radius 1 is 1.29 bits per heavy atom. The van der Waals surface area contributed by atoms with Gasteiger partial charge in [0, 0.05) is 14.2 Å². The number of carbonyl (C=O) groups is 1. The van der Waals surface area contributed by atoms with Gasteiger partial charge in [-0.3, -0.25) is 4.79 Å². The molecule has 0 unspecified atom stereocenters. The van der Waals surface area contributed by atoms with E-state index in [1.165, 1.54) is 0 Å². The van der Waals surface area contributed by atoms with Gasteiger partial charge in [0.2, 0.25) is 0 Å². The number of methoxy groups -OCH3 is 2. The van der Waals surface area contributed by atoms with Gasteiger partial charge < -0.3 is 14.2 Å². The molecule has 0 rings (SSSR count). The van der Waals surface area contributed by atoms with Gasteiger partial charge in [0.1, 0.15) is 15.4 Å². The molecule has 5 heteroatoms. The van der Waals surface area contributed by atoms with Crippen molar-refractivity contribution in [1.29, 1.82) is 0 Å². The minimum Gasteiger partial charge on any atom is -0.470 e. The van der Waals surface area contributed by atoms with Crippen LogP contribution in [-0.4, -0.2) is 41.9 Å². The van der Waals surface area contributed by atoms with Crippen molar-refractivity contribution >= 4 is 15.5 Å². The Morgan fingerprint density at radius 2 is 1.79 bits per heavy atom. The molecule has 14 heavy (non-hydrogen) atoms. The molecule has 0 bridgehead atoms. The van der Waals surface area contributed by atoms with Crippen LogP contribution >= 0.6 is 0 Å². The van der Waals surface area contributed by atoms with Crippen LogP contribution in [0.5, 0.6) is 0 Å². The molecule has 0 aliphatic carbocycles. The van der Waals surface area contributed by atoms with E-state index < -0.39 is 14.9 Å². The van der Waals surface area contributed by atoms with Crippen LogP contribution in [0.15, 0.2) is 0 Å². The van der Waals surface area contributed by atoms with Crippen molar-refractivity contribution in [2.45, 2.75) is 26.7 Å². The van der Waals surface area contributed by atoms with Crippen LogP contribution in [0.25, 0.3) is 0 Å². The second-order valence-corrected chi connectivity index (χ2v) is 5.73. The second-order valence-electron chi connectivity index (χ2n) is 4.08. The van der Waals surface area contributed by atoms with E-state index in [-0.39, 0.29) is 11.9 Å².